The first kappa shape index (κ1) is 20.8. The Kier molecular flexibility index (Phi) is 6.76. The van der Waals surface area contributed by atoms with E-state index in [0.717, 1.165) is 30.1 Å². The molecule has 2 aromatic rings. The minimum Gasteiger partial charge on any atom is -0.379 e. The standard InChI is InChI=1S/C18H20F2N2O4S2/c19-18(20)28(24,25)14-5-3-13(4-6-14)17(23)21-12-15(16-2-1-11-27-16)22-7-9-26-10-8-22/h1-6,11,15,18H,7-10,12H2,(H,21,23)/t15-/m1/s1. The molecule has 1 atom stereocenters. The minimum atomic E-state index is -4.67. The number of alkyl halides is 2. The van der Waals surface area contributed by atoms with E-state index in [2.05, 4.69) is 10.2 Å². The van der Waals surface area contributed by atoms with E-state index in [1.165, 1.54) is 12.1 Å². The van der Waals surface area contributed by atoms with Gasteiger partial charge in [0.2, 0.25) is 9.84 Å². The zero-order valence-corrected chi connectivity index (χ0v) is 16.5. The number of nitrogens with zero attached hydrogens (tertiary/aromatic N) is 1. The Morgan fingerprint density at radius 1 is 1.18 bits per heavy atom. The molecule has 1 aromatic carbocycles. The fourth-order valence-corrected chi connectivity index (χ4v) is 4.55. The summed E-state index contributed by atoms with van der Waals surface area (Å²) in [4.78, 5) is 15.3. The normalized spacial score (nSPS) is 16.8. The first-order valence-electron chi connectivity index (χ1n) is 8.65. The molecule has 1 fully saturated rings. The lowest BCUT2D eigenvalue weighted by molar-refractivity contribution is 0.0169. The second kappa shape index (κ2) is 9.08. The Morgan fingerprint density at radius 3 is 2.43 bits per heavy atom. The third-order valence-corrected chi connectivity index (χ3v) is 6.87. The maximum absolute atomic E-state index is 12.6. The fourth-order valence-electron chi connectivity index (χ4n) is 2.97. The number of hydrogen-bond acceptors (Lipinski definition) is 6. The van der Waals surface area contributed by atoms with Gasteiger partial charge in [-0.3, -0.25) is 9.69 Å². The highest BCUT2D eigenvalue weighted by atomic mass is 32.2. The number of morpholine rings is 1. The summed E-state index contributed by atoms with van der Waals surface area (Å²) in [6.45, 7) is 3.17. The number of halogens is 2. The predicted molar refractivity (Wildman–Crippen MR) is 101 cm³/mol. The van der Waals surface area contributed by atoms with Crippen molar-refractivity contribution in [2.24, 2.45) is 0 Å². The molecular weight excluding hydrogens is 410 g/mol. The maximum Gasteiger partial charge on any atom is 0.341 e. The Hall–Kier alpha value is -1.88. The van der Waals surface area contributed by atoms with Crippen molar-refractivity contribution < 1.29 is 26.7 Å². The van der Waals surface area contributed by atoms with Crippen molar-refractivity contribution in [1.82, 2.24) is 10.2 Å². The van der Waals surface area contributed by atoms with E-state index in [1.807, 2.05) is 17.5 Å². The third-order valence-electron chi connectivity index (χ3n) is 4.49. The average Bonchev–Trinajstić information content (AvgIpc) is 3.23. The number of hydrogen-bond donors (Lipinski definition) is 1. The SMILES string of the molecule is O=C(NC[C@H](c1cccs1)N1CCOCC1)c1ccc(S(=O)(=O)C(F)F)cc1. The van der Waals surface area contributed by atoms with Crippen molar-refractivity contribution in [2.75, 3.05) is 32.8 Å². The van der Waals surface area contributed by atoms with Crippen LogP contribution in [-0.4, -0.2) is 57.8 Å². The molecule has 28 heavy (non-hydrogen) atoms. The molecule has 1 amide bonds. The Balaban J connectivity index is 1.67. The van der Waals surface area contributed by atoms with Crippen LogP contribution in [0.3, 0.4) is 0 Å². The summed E-state index contributed by atoms with van der Waals surface area (Å²) in [5.74, 6) is -3.89. The van der Waals surface area contributed by atoms with Crippen molar-refractivity contribution in [2.45, 2.75) is 16.7 Å². The molecule has 0 aliphatic carbocycles. The van der Waals surface area contributed by atoms with Crippen LogP contribution in [0, 0.1) is 0 Å². The summed E-state index contributed by atoms with van der Waals surface area (Å²) in [6.07, 6.45) is 0. The molecule has 1 aliphatic rings. The van der Waals surface area contributed by atoms with Gasteiger partial charge in [0.25, 0.3) is 5.91 Å². The number of rotatable bonds is 7. The summed E-state index contributed by atoms with van der Waals surface area (Å²) in [7, 11) is -4.67. The van der Waals surface area contributed by atoms with Crippen LogP contribution in [0.15, 0.2) is 46.7 Å². The fraction of sp³-hybridized carbons (Fsp3) is 0.389. The zero-order chi connectivity index (χ0) is 20.1. The van der Waals surface area contributed by atoms with Crippen molar-refractivity contribution in [3.8, 4) is 0 Å². The quantitative estimate of drug-likeness (QED) is 0.731. The maximum atomic E-state index is 12.6. The van der Waals surface area contributed by atoms with Crippen molar-refractivity contribution in [1.29, 1.82) is 0 Å². The van der Waals surface area contributed by atoms with Crippen LogP contribution >= 0.6 is 11.3 Å². The number of carbonyl (C=O) groups excluding carboxylic acids is 1. The van der Waals surface area contributed by atoms with Crippen molar-refractivity contribution in [3.05, 3.63) is 52.2 Å². The first-order chi connectivity index (χ1) is 13.4. The highest BCUT2D eigenvalue weighted by Crippen LogP contribution is 2.25. The molecule has 152 valence electrons. The van der Waals surface area contributed by atoms with Crippen LogP contribution in [0.2, 0.25) is 0 Å². The molecular formula is C18H20F2N2O4S2. The molecule has 1 aliphatic heterocycles. The lowest BCUT2D eigenvalue weighted by atomic mass is 10.1. The number of benzene rings is 1. The van der Waals surface area contributed by atoms with E-state index in [-0.39, 0.29) is 11.6 Å². The van der Waals surface area contributed by atoms with Gasteiger partial charge in [-0.1, -0.05) is 6.07 Å². The summed E-state index contributed by atoms with van der Waals surface area (Å²) >= 11 is 1.61. The molecule has 0 spiro atoms. The van der Waals surface area contributed by atoms with Gasteiger partial charge in [0.05, 0.1) is 24.2 Å². The topological polar surface area (TPSA) is 75.7 Å². The average molecular weight is 430 g/mol. The molecule has 2 heterocycles. The van der Waals surface area contributed by atoms with Crippen molar-refractivity contribution in [3.63, 3.8) is 0 Å². The Labute approximate surface area is 166 Å². The van der Waals surface area contributed by atoms with Gasteiger partial charge >= 0.3 is 5.76 Å². The molecule has 0 bridgehead atoms. The number of ether oxygens (including phenoxy) is 1. The van der Waals surface area contributed by atoms with Gasteiger partial charge in [0, 0.05) is 30.1 Å². The molecule has 0 radical (unpaired) electrons. The van der Waals surface area contributed by atoms with Crippen LogP contribution in [0.5, 0.6) is 0 Å². The largest absolute Gasteiger partial charge is 0.379 e. The van der Waals surface area contributed by atoms with Gasteiger partial charge in [-0.2, -0.15) is 8.78 Å². The summed E-state index contributed by atoms with van der Waals surface area (Å²) in [6, 6.07) is 8.49. The van der Waals surface area contributed by atoms with Gasteiger partial charge < -0.3 is 10.1 Å². The second-order valence-corrected chi connectivity index (χ2v) is 9.12. The smallest absolute Gasteiger partial charge is 0.341 e. The van der Waals surface area contributed by atoms with Crippen LogP contribution in [0.4, 0.5) is 8.78 Å². The number of carbonyl (C=O) groups is 1. The molecule has 0 saturated carbocycles. The monoisotopic (exact) mass is 430 g/mol. The molecule has 1 N–H and O–H groups in total. The third kappa shape index (κ3) is 4.75. The highest BCUT2D eigenvalue weighted by molar-refractivity contribution is 7.91. The van der Waals surface area contributed by atoms with Gasteiger partial charge in [0.15, 0.2) is 0 Å². The zero-order valence-electron chi connectivity index (χ0n) is 14.9. The second-order valence-electron chi connectivity index (χ2n) is 6.22. The predicted octanol–water partition coefficient (Wildman–Crippen LogP) is 2.55. The number of thiophene rings is 1. The molecule has 3 rings (SSSR count). The summed E-state index contributed by atoms with van der Waals surface area (Å²) in [5, 5.41) is 4.83. The summed E-state index contributed by atoms with van der Waals surface area (Å²) < 4.78 is 53.5. The van der Waals surface area contributed by atoms with Gasteiger partial charge in [-0.15, -0.1) is 11.3 Å². The lowest BCUT2D eigenvalue weighted by Crippen LogP contribution is -2.43. The van der Waals surface area contributed by atoms with Crippen LogP contribution in [0.1, 0.15) is 21.3 Å². The summed E-state index contributed by atoms with van der Waals surface area (Å²) in [5.41, 5.74) is 0.208. The molecule has 1 aromatic heterocycles. The van der Waals surface area contributed by atoms with Gasteiger partial charge in [-0.25, -0.2) is 8.42 Å². The van der Waals surface area contributed by atoms with Crippen LogP contribution in [0.25, 0.3) is 0 Å². The molecule has 0 unspecified atom stereocenters. The Bertz CT molecular complexity index is 881. The number of amides is 1. The molecule has 10 heteroatoms. The first-order valence-corrected chi connectivity index (χ1v) is 11.1. The highest BCUT2D eigenvalue weighted by Gasteiger charge is 2.27. The van der Waals surface area contributed by atoms with E-state index in [1.54, 1.807) is 11.3 Å². The molecule has 6 nitrogen and oxygen atoms in total. The van der Waals surface area contributed by atoms with E-state index in [9.17, 15) is 22.0 Å². The Morgan fingerprint density at radius 2 is 1.86 bits per heavy atom. The van der Waals surface area contributed by atoms with Gasteiger partial charge in [-0.05, 0) is 35.7 Å². The van der Waals surface area contributed by atoms with E-state index < -0.39 is 26.4 Å². The lowest BCUT2D eigenvalue weighted by Gasteiger charge is -2.34. The number of sulfone groups is 1. The van der Waals surface area contributed by atoms with Crippen LogP contribution in [-0.2, 0) is 14.6 Å². The van der Waals surface area contributed by atoms with E-state index in [4.69, 9.17) is 4.74 Å². The van der Waals surface area contributed by atoms with Crippen LogP contribution < -0.4 is 5.32 Å². The minimum absolute atomic E-state index is 0.00587. The number of nitrogens with one attached hydrogen (secondary N) is 1. The van der Waals surface area contributed by atoms with Gasteiger partial charge in [0.1, 0.15) is 0 Å². The molecule has 1 saturated heterocycles. The van der Waals surface area contributed by atoms with E-state index in [0.29, 0.717) is 19.8 Å². The van der Waals surface area contributed by atoms with Crippen molar-refractivity contribution >= 4 is 27.1 Å². The van der Waals surface area contributed by atoms with E-state index >= 15 is 0 Å².